The van der Waals surface area contributed by atoms with E-state index in [2.05, 4.69) is 5.10 Å². The van der Waals surface area contributed by atoms with Gasteiger partial charge < -0.3 is 5.73 Å². The molecular formula is C11H12FN3OS. The SMILES string of the molecule is Nc1ccc(S(=O)CCn2cccn2)cc1F. The molecule has 2 aromatic rings. The highest BCUT2D eigenvalue weighted by molar-refractivity contribution is 7.85. The third kappa shape index (κ3) is 2.91. The van der Waals surface area contributed by atoms with Gasteiger partial charge >= 0.3 is 0 Å². The summed E-state index contributed by atoms with van der Waals surface area (Å²) in [6.45, 7) is 0.533. The van der Waals surface area contributed by atoms with Crippen molar-refractivity contribution >= 4 is 16.5 Å². The molecule has 0 aliphatic rings. The molecule has 1 aromatic carbocycles. The molecule has 1 aromatic heterocycles. The van der Waals surface area contributed by atoms with Crippen LogP contribution < -0.4 is 5.73 Å². The molecule has 0 saturated heterocycles. The molecule has 0 aliphatic carbocycles. The largest absolute Gasteiger partial charge is 0.396 e. The van der Waals surface area contributed by atoms with E-state index in [1.807, 2.05) is 0 Å². The van der Waals surface area contributed by atoms with Crippen LogP contribution in [0.4, 0.5) is 10.1 Å². The molecule has 90 valence electrons. The summed E-state index contributed by atoms with van der Waals surface area (Å²) >= 11 is 0. The zero-order valence-electron chi connectivity index (χ0n) is 9.04. The summed E-state index contributed by atoms with van der Waals surface area (Å²) in [7, 11) is -1.24. The third-order valence-electron chi connectivity index (χ3n) is 2.30. The second kappa shape index (κ2) is 5.09. The molecule has 0 bridgehead atoms. The Bertz CT molecular complexity index is 528. The number of benzene rings is 1. The van der Waals surface area contributed by atoms with Crippen molar-refractivity contribution in [2.24, 2.45) is 0 Å². The van der Waals surface area contributed by atoms with Crippen LogP contribution in [0.3, 0.4) is 0 Å². The maximum absolute atomic E-state index is 13.2. The van der Waals surface area contributed by atoms with Gasteiger partial charge in [0.2, 0.25) is 0 Å². The highest BCUT2D eigenvalue weighted by Gasteiger charge is 2.07. The maximum atomic E-state index is 13.2. The molecule has 0 fully saturated rings. The van der Waals surface area contributed by atoms with E-state index in [1.165, 1.54) is 12.1 Å². The average Bonchev–Trinajstić information content (AvgIpc) is 2.82. The predicted molar refractivity (Wildman–Crippen MR) is 64.3 cm³/mol. The minimum Gasteiger partial charge on any atom is -0.396 e. The van der Waals surface area contributed by atoms with Gasteiger partial charge in [0.05, 0.1) is 23.0 Å². The van der Waals surface area contributed by atoms with Gasteiger partial charge in [-0.2, -0.15) is 5.10 Å². The molecule has 17 heavy (non-hydrogen) atoms. The van der Waals surface area contributed by atoms with Crippen molar-refractivity contribution in [3.8, 4) is 0 Å². The normalized spacial score (nSPS) is 12.5. The minimum absolute atomic E-state index is 0.0674. The fraction of sp³-hybridized carbons (Fsp3) is 0.182. The zero-order chi connectivity index (χ0) is 12.3. The van der Waals surface area contributed by atoms with Gasteiger partial charge in [-0.05, 0) is 24.3 Å². The maximum Gasteiger partial charge on any atom is 0.147 e. The Hall–Kier alpha value is -1.69. The standard InChI is InChI=1S/C11H12FN3OS/c12-10-8-9(2-3-11(10)13)17(16)7-6-15-5-1-4-14-15/h1-5,8H,6-7,13H2. The average molecular weight is 253 g/mol. The minimum atomic E-state index is -1.24. The monoisotopic (exact) mass is 253 g/mol. The summed E-state index contributed by atoms with van der Waals surface area (Å²) in [4.78, 5) is 0.448. The Morgan fingerprint density at radius 1 is 1.47 bits per heavy atom. The lowest BCUT2D eigenvalue weighted by molar-refractivity contribution is 0.625. The summed E-state index contributed by atoms with van der Waals surface area (Å²) in [5.74, 6) is -0.139. The molecular weight excluding hydrogens is 241 g/mol. The molecule has 4 nitrogen and oxygen atoms in total. The zero-order valence-corrected chi connectivity index (χ0v) is 9.86. The van der Waals surface area contributed by atoms with E-state index in [4.69, 9.17) is 5.73 Å². The van der Waals surface area contributed by atoms with Crippen LogP contribution >= 0.6 is 0 Å². The van der Waals surface area contributed by atoms with Gasteiger partial charge in [0.1, 0.15) is 5.82 Å². The molecule has 6 heteroatoms. The first-order chi connectivity index (χ1) is 8.16. The predicted octanol–water partition coefficient (Wildman–Crippen LogP) is 1.41. The van der Waals surface area contributed by atoms with E-state index in [0.29, 0.717) is 17.2 Å². The third-order valence-corrected chi connectivity index (χ3v) is 3.63. The van der Waals surface area contributed by atoms with Gasteiger partial charge in [0.25, 0.3) is 0 Å². The first-order valence-electron chi connectivity index (χ1n) is 5.07. The van der Waals surface area contributed by atoms with Gasteiger partial charge in [-0.25, -0.2) is 4.39 Å². The van der Waals surface area contributed by atoms with E-state index in [1.54, 1.807) is 29.2 Å². The highest BCUT2D eigenvalue weighted by Crippen LogP contribution is 2.15. The van der Waals surface area contributed by atoms with Crippen LogP contribution in [-0.4, -0.2) is 19.7 Å². The smallest absolute Gasteiger partial charge is 0.147 e. The van der Waals surface area contributed by atoms with Gasteiger partial charge in [0, 0.05) is 23.0 Å². The number of rotatable bonds is 4. The van der Waals surface area contributed by atoms with Gasteiger partial charge in [-0.3, -0.25) is 8.89 Å². The first-order valence-corrected chi connectivity index (χ1v) is 6.39. The van der Waals surface area contributed by atoms with Crippen LogP contribution in [0.2, 0.25) is 0 Å². The number of anilines is 1. The Morgan fingerprint density at radius 2 is 2.29 bits per heavy atom. The van der Waals surface area contributed by atoms with Crippen molar-refractivity contribution in [3.05, 3.63) is 42.5 Å². The lowest BCUT2D eigenvalue weighted by Gasteiger charge is -2.04. The number of aryl methyl sites for hydroxylation is 1. The molecule has 0 radical (unpaired) electrons. The van der Waals surface area contributed by atoms with Gasteiger partial charge in [-0.15, -0.1) is 0 Å². The quantitative estimate of drug-likeness (QED) is 0.838. The van der Waals surface area contributed by atoms with E-state index in [0.717, 1.165) is 0 Å². The van der Waals surface area contributed by atoms with Crippen LogP contribution in [0.15, 0.2) is 41.6 Å². The fourth-order valence-electron chi connectivity index (χ4n) is 1.38. The Morgan fingerprint density at radius 3 is 2.94 bits per heavy atom. The lowest BCUT2D eigenvalue weighted by Crippen LogP contribution is -2.08. The molecule has 1 unspecified atom stereocenters. The van der Waals surface area contributed by atoms with E-state index < -0.39 is 16.6 Å². The molecule has 0 spiro atoms. The topological polar surface area (TPSA) is 60.9 Å². The number of aromatic nitrogens is 2. The fourth-order valence-corrected chi connectivity index (χ4v) is 2.42. The van der Waals surface area contributed by atoms with Crippen molar-refractivity contribution in [3.63, 3.8) is 0 Å². The molecule has 1 atom stereocenters. The number of nitrogens with two attached hydrogens (primary N) is 1. The number of hydrogen-bond acceptors (Lipinski definition) is 3. The molecule has 1 heterocycles. The second-order valence-electron chi connectivity index (χ2n) is 3.50. The molecule has 0 aliphatic heterocycles. The Balaban J connectivity index is 2.02. The van der Waals surface area contributed by atoms with E-state index in [9.17, 15) is 8.60 Å². The summed E-state index contributed by atoms with van der Waals surface area (Å²) in [5, 5.41) is 4.00. The van der Waals surface area contributed by atoms with Crippen LogP contribution in [0.25, 0.3) is 0 Å². The second-order valence-corrected chi connectivity index (χ2v) is 5.07. The lowest BCUT2D eigenvalue weighted by atomic mass is 10.3. The Kier molecular flexibility index (Phi) is 3.53. The molecule has 2 N–H and O–H groups in total. The molecule has 0 amide bonds. The summed E-state index contributed by atoms with van der Waals surface area (Å²) < 4.78 is 26.7. The Labute approximate surface area is 101 Å². The van der Waals surface area contributed by atoms with E-state index >= 15 is 0 Å². The van der Waals surface area contributed by atoms with Crippen molar-refractivity contribution in [2.45, 2.75) is 11.4 Å². The van der Waals surface area contributed by atoms with Crippen molar-refractivity contribution in [1.29, 1.82) is 0 Å². The molecule has 2 rings (SSSR count). The number of nitrogens with zero attached hydrogens (tertiary/aromatic N) is 2. The number of nitrogen functional groups attached to an aromatic ring is 1. The molecule has 0 saturated carbocycles. The summed E-state index contributed by atoms with van der Waals surface area (Å²) in [6, 6.07) is 6.02. The first kappa shape index (κ1) is 11.8. The number of halogens is 1. The summed E-state index contributed by atoms with van der Waals surface area (Å²) in [6.07, 6.45) is 3.45. The van der Waals surface area contributed by atoms with Crippen molar-refractivity contribution in [2.75, 3.05) is 11.5 Å². The van der Waals surface area contributed by atoms with Crippen molar-refractivity contribution in [1.82, 2.24) is 9.78 Å². The van der Waals surface area contributed by atoms with Crippen LogP contribution in [0.1, 0.15) is 0 Å². The summed E-state index contributed by atoms with van der Waals surface area (Å²) in [5.41, 5.74) is 5.42. The highest BCUT2D eigenvalue weighted by atomic mass is 32.2. The van der Waals surface area contributed by atoms with Crippen LogP contribution in [-0.2, 0) is 17.3 Å². The van der Waals surface area contributed by atoms with Crippen molar-refractivity contribution < 1.29 is 8.60 Å². The van der Waals surface area contributed by atoms with E-state index in [-0.39, 0.29) is 5.69 Å². The van der Waals surface area contributed by atoms with Gasteiger partial charge in [-0.1, -0.05) is 0 Å². The van der Waals surface area contributed by atoms with Crippen LogP contribution in [0, 0.1) is 5.82 Å². The van der Waals surface area contributed by atoms with Gasteiger partial charge in [0.15, 0.2) is 0 Å². The van der Waals surface area contributed by atoms with Crippen LogP contribution in [0.5, 0.6) is 0 Å². The number of hydrogen-bond donors (Lipinski definition) is 1.